The van der Waals surface area contributed by atoms with Crippen molar-refractivity contribution in [2.24, 2.45) is 0 Å². The molecule has 0 aromatic heterocycles. The van der Waals surface area contributed by atoms with Crippen molar-refractivity contribution >= 4 is 11.9 Å². The number of nitrogens with zero attached hydrogens (tertiary/aromatic N) is 1. The molecule has 0 spiro atoms. The van der Waals surface area contributed by atoms with Gasteiger partial charge in [-0.05, 0) is 25.9 Å². The van der Waals surface area contributed by atoms with Gasteiger partial charge in [-0.1, -0.05) is 27.0 Å². The summed E-state index contributed by atoms with van der Waals surface area (Å²) >= 11 is 0. The Bertz CT molecular complexity index is 302. The lowest BCUT2D eigenvalue weighted by molar-refractivity contribution is -0.138. The topological polar surface area (TPSA) is 76.1 Å². The number of carboxylic acid groups (broad SMARTS) is 1. The number of carbonyl (C=O) groups is 2. The molecule has 0 unspecified atom stereocenters. The van der Waals surface area contributed by atoms with E-state index in [0.29, 0.717) is 6.61 Å². The van der Waals surface area contributed by atoms with Crippen LogP contribution in [0, 0.1) is 0 Å². The van der Waals surface area contributed by atoms with Crippen LogP contribution in [-0.2, 0) is 19.1 Å². The Morgan fingerprint density at radius 3 is 1.95 bits per heavy atom. The molecule has 0 aromatic carbocycles. The van der Waals surface area contributed by atoms with Gasteiger partial charge in [0, 0.05) is 31.9 Å². The summed E-state index contributed by atoms with van der Waals surface area (Å²) in [5.41, 5.74) is 0. The largest absolute Gasteiger partial charge is 0.478 e. The highest BCUT2D eigenvalue weighted by Gasteiger charge is 2.00. The van der Waals surface area contributed by atoms with Gasteiger partial charge in [-0.15, -0.1) is 0 Å². The quantitative estimate of drug-likeness (QED) is 0.573. The van der Waals surface area contributed by atoms with E-state index in [1.807, 2.05) is 0 Å². The van der Waals surface area contributed by atoms with Gasteiger partial charge in [0.25, 0.3) is 0 Å². The van der Waals surface area contributed by atoms with Gasteiger partial charge in [-0.3, -0.25) is 0 Å². The highest BCUT2D eigenvalue weighted by Crippen LogP contribution is 1.98. The molecule has 1 N–H and O–H groups in total. The smallest absolute Gasteiger partial charge is 0.330 e. The minimum absolute atomic E-state index is 0.345. The average molecular weight is 315 g/mol. The summed E-state index contributed by atoms with van der Waals surface area (Å²) in [6.45, 7) is 15.7. The van der Waals surface area contributed by atoms with Gasteiger partial charge in [-0.25, -0.2) is 9.59 Å². The first-order valence-electron chi connectivity index (χ1n) is 7.46. The second kappa shape index (κ2) is 17.4. The van der Waals surface area contributed by atoms with E-state index in [0.717, 1.165) is 38.9 Å². The van der Waals surface area contributed by atoms with Crippen molar-refractivity contribution in [1.29, 1.82) is 0 Å². The first-order valence-corrected chi connectivity index (χ1v) is 7.46. The summed E-state index contributed by atoms with van der Waals surface area (Å²) in [5.74, 6) is -1.33. The van der Waals surface area contributed by atoms with Crippen molar-refractivity contribution in [2.75, 3.05) is 39.5 Å². The van der Waals surface area contributed by atoms with Gasteiger partial charge in [-0.2, -0.15) is 0 Å². The summed E-state index contributed by atoms with van der Waals surface area (Å²) in [6, 6.07) is 0. The minimum atomic E-state index is -0.981. The van der Waals surface area contributed by atoms with Crippen molar-refractivity contribution in [2.45, 2.75) is 26.7 Å². The maximum absolute atomic E-state index is 10.6. The van der Waals surface area contributed by atoms with Crippen LogP contribution in [0.5, 0.6) is 0 Å². The molecule has 1 fully saturated rings. The molecule has 0 radical (unpaired) electrons. The summed E-state index contributed by atoms with van der Waals surface area (Å²) < 4.78 is 9.77. The molecule has 0 amide bonds. The Morgan fingerprint density at radius 1 is 1.18 bits per heavy atom. The first-order chi connectivity index (χ1) is 10.5. The number of likely N-dealkylation sites (N-methyl/N-ethyl adjacent to an activating group) is 1. The molecule has 0 aliphatic carbocycles. The number of rotatable bonds is 7. The SMILES string of the molecule is C1CCOC1.C=CC(=O)O.C=CC(=O)OCCN(CC)CC. The van der Waals surface area contributed by atoms with Gasteiger partial charge in [0.05, 0.1) is 0 Å². The van der Waals surface area contributed by atoms with Crippen molar-refractivity contribution in [1.82, 2.24) is 4.90 Å². The van der Waals surface area contributed by atoms with Crippen molar-refractivity contribution < 1.29 is 24.2 Å². The Kier molecular flexibility index (Phi) is 17.9. The summed E-state index contributed by atoms with van der Waals surface area (Å²) in [6.07, 6.45) is 4.57. The van der Waals surface area contributed by atoms with Crippen molar-refractivity contribution in [3.8, 4) is 0 Å². The van der Waals surface area contributed by atoms with Gasteiger partial charge in [0.2, 0.25) is 0 Å². The Balaban J connectivity index is 0. The molecule has 1 saturated heterocycles. The summed E-state index contributed by atoms with van der Waals surface area (Å²) in [7, 11) is 0. The highest BCUT2D eigenvalue weighted by molar-refractivity contribution is 5.81. The zero-order valence-electron chi connectivity index (χ0n) is 13.8. The van der Waals surface area contributed by atoms with E-state index < -0.39 is 5.97 Å². The van der Waals surface area contributed by atoms with E-state index >= 15 is 0 Å². The maximum atomic E-state index is 10.6. The number of ether oxygens (including phenoxy) is 2. The number of carboxylic acids is 1. The molecular formula is C16H29NO5. The van der Waals surface area contributed by atoms with Crippen molar-refractivity contribution in [3.63, 3.8) is 0 Å². The third-order valence-electron chi connectivity index (χ3n) is 2.71. The van der Waals surface area contributed by atoms with Crippen LogP contribution in [0.3, 0.4) is 0 Å². The van der Waals surface area contributed by atoms with Crippen LogP contribution in [0.25, 0.3) is 0 Å². The molecule has 6 nitrogen and oxygen atoms in total. The molecule has 128 valence electrons. The van der Waals surface area contributed by atoms with E-state index in [2.05, 4.69) is 31.9 Å². The Labute approximate surface area is 133 Å². The van der Waals surface area contributed by atoms with Crippen LogP contribution in [0.1, 0.15) is 26.7 Å². The summed E-state index contributed by atoms with van der Waals surface area (Å²) in [5, 5.41) is 7.60. The van der Waals surface area contributed by atoms with Gasteiger partial charge in [0.1, 0.15) is 6.61 Å². The highest BCUT2D eigenvalue weighted by atomic mass is 16.5. The number of carbonyl (C=O) groups excluding carboxylic acids is 1. The molecule has 6 heteroatoms. The van der Waals surface area contributed by atoms with E-state index in [9.17, 15) is 9.59 Å². The van der Waals surface area contributed by atoms with Gasteiger partial charge < -0.3 is 19.5 Å². The third-order valence-corrected chi connectivity index (χ3v) is 2.71. The van der Waals surface area contributed by atoms with Gasteiger partial charge >= 0.3 is 11.9 Å². The maximum Gasteiger partial charge on any atom is 0.330 e. The monoisotopic (exact) mass is 315 g/mol. The minimum Gasteiger partial charge on any atom is -0.478 e. The zero-order chi connectivity index (χ0) is 17.2. The number of hydrogen-bond acceptors (Lipinski definition) is 5. The molecule has 0 bridgehead atoms. The van der Waals surface area contributed by atoms with E-state index in [1.165, 1.54) is 18.9 Å². The van der Waals surface area contributed by atoms with Crippen molar-refractivity contribution in [3.05, 3.63) is 25.3 Å². The van der Waals surface area contributed by atoms with Crippen LogP contribution >= 0.6 is 0 Å². The Morgan fingerprint density at radius 2 is 1.68 bits per heavy atom. The molecule has 0 saturated carbocycles. The second-order valence-corrected chi connectivity index (χ2v) is 4.26. The first kappa shape index (κ1) is 22.6. The predicted molar refractivity (Wildman–Crippen MR) is 86.8 cm³/mol. The number of hydrogen-bond donors (Lipinski definition) is 1. The fraction of sp³-hybridized carbons (Fsp3) is 0.625. The van der Waals surface area contributed by atoms with E-state index in [-0.39, 0.29) is 5.97 Å². The zero-order valence-corrected chi connectivity index (χ0v) is 13.8. The van der Waals surface area contributed by atoms with Crippen LogP contribution in [-0.4, -0.2) is 61.4 Å². The molecule has 22 heavy (non-hydrogen) atoms. The fourth-order valence-corrected chi connectivity index (χ4v) is 1.38. The van der Waals surface area contributed by atoms with Crippen LogP contribution in [0.4, 0.5) is 0 Å². The van der Waals surface area contributed by atoms with E-state index in [1.54, 1.807) is 0 Å². The lowest BCUT2D eigenvalue weighted by Crippen LogP contribution is -2.27. The lowest BCUT2D eigenvalue weighted by Gasteiger charge is -2.16. The average Bonchev–Trinajstić information content (AvgIpc) is 3.11. The second-order valence-electron chi connectivity index (χ2n) is 4.26. The molecule has 1 heterocycles. The normalized spacial score (nSPS) is 12.3. The number of esters is 1. The fourth-order valence-electron chi connectivity index (χ4n) is 1.38. The van der Waals surface area contributed by atoms with Gasteiger partial charge in [0.15, 0.2) is 0 Å². The van der Waals surface area contributed by atoms with Crippen LogP contribution in [0.2, 0.25) is 0 Å². The van der Waals surface area contributed by atoms with Crippen LogP contribution in [0.15, 0.2) is 25.3 Å². The van der Waals surface area contributed by atoms with E-state index in [4.69, 9.17) is 14.6 Å². The number of aliphatic carboxylic acids is 1. The predicted octanol–water partition coefficient (Wildman–Crippen LogP) is 2.11. The summed E-state index contributed by atoms with van der Waals surface area (Å²) in [4.78, 5) is 22.1. The molecule has 1 aliphatic heterocycles. The van der Waals surface area contributed by atoms with Crippen LogP contribution < -0.4 is 0 Å². The molecule has 1 aliphatic rings. The molecule has 0 atom stereocenters. The standard InChI is InChI=1S/C9H17NO2.C4H8O.C3H4O2/c1-4-9(11)12-8-7-10(5-2)6-3;1-2-4-5-3-1;1-2-3(4)5/h4H,1,5-8H2,2-3H3;1-4H2;2H,1H2,(H,4,5). The molecule has 0 aromatic rings. The molecule has 1 rings (SSSR count). The Hall–Kier alpha value is -1.66. The molecular weight excluding hydrogens is 286 g/mol. The third kappa shape index (κ3) is 18.3. The lowest BCUT2D eigenvalue weighted by atomic mass is 10.4.